The molecule has 0 spiro atoms. The number of rotatable bonds is 7. The van der Waals surface area contributed by atoms with Gasteiger partial charge in [0.25, 0.3) is 5.91 Å². The number of amides is 3. The Bertz CT molecular complexity index is 327. The van der Waals surface area contributed by atoms with Crippen LogP contribution in [0.25, 0.3) is 0 Å². The summed E-state index contributed by atoms with van der Waals surface area (Å²) in [5.41, 5.74) is 0. The van der Waals surface area contributed by atoms with Crippen LogP contribution in [-0.4, -0.2) is 42.3 Å². The van der Waals surface area contributed by atoms with Crippen molar-refractivity contribution in [1.29, 1.82) is 0 Å². The van der Waals surface area contributed by atoms with E-state index in [1.165, 1.54) is 12.8 Å². The van der Waals surface area contributed by atoms with Gasteiger partial charge in [0, 0.05) is 6.04 Å². The molecule has 1 rings (SSSR count). The van der Waals surface area contributed by atoms with E-state index in [0.29, 0.717) is 5.92 Å². The lowest BCUT2D eigenvalue weighted by atomic mass is 10.2. The van der Waals surface area contributed by atoms with Crippen molar-refractivity contribution in [3.63, 3.8) is 0 Å². The van der Waals surface area contributed by atoms with E-state index in [4.69, 9.17) is 5.11 Å². The van der Waals surface area contributed by atoms with Gasteiger partial charge in [0.05, 0.1) is 0 Å². The first-order valence-corrected chi connectivity index (χ1v) is 5.87. The molecule has 0 saturated heterocycles. The molecule has 1 saturated carbocycles. The third kappa shape index (κ3) is 6.85. The van der Waals surface area contributed by atoms with Gasteiger partial charge in [0.15, 0.2) is 0 Å². The van der Waals surface area contributed by atoms with Crippen molar-refractivity contribution >= 4 is 17.9 Å². The van der Waals surface area contributed by atoms with Crippen molar-refractivity contribution in [2.75, 3.05) is 13.2 Å². The minimum atomic E-state index is -1.16. The van der Waals surface area contributed by atoms with Gasteiger partial charge in [-0.05, 0) is 19.3 Å². The predicted octanol–water partition coefficient (Wildman–Crippen LogP) is 0.102. The van der Waals surface area contributed by atoms with Crippen LogP contribution < -0.4 is 10.6 Å². The van der Waals surface area contributed by atoms with Crippen molar-refractivity contribution in [1.82, 2.24) is 10.6 Å². The van der Waals surface area contributed by atoms with E-state index >= 15 is 0 Å². The molecule has 7 heteroatoms. The lowest BCUT2D eigenvalue weighted by molar-refractivity contribution is -0.143. The molecule has 1 aliphatic carbocycles. The van der Waals surface area contributed by atoms with E-state index in [9.17, 15) is 14.4 Å². The lowest BCUT2D eigenvalue weighted by Crippen LogP contribution is -2.44. The summed E-state index contributed by atoms with van der Waals surface area (Å²) in [4.78, 5) is 32.6. The highest BCUT2D eigenvalue weighted by molar-refractivity contribution is 5.95. The smallest absolute Gasteiger partial charge is 0.329 e. The monoisotopic (exact) mass is 258 g/mol. The van der Waals surface area contributed by atoms with Crippen LogP contribution in [0, 0.1) is 5.92 Å². The Labute approximate surface area is 105 Å². The summed E-state index contributed by atoms with van der Waals surface area (Å²) in [7, 11) is 0. The van der Waals surface area contributed by atoms with Gasteiger partial charge in [-0.1, -0.05) is 12.8 Å². The van der Waals surface area contributed by atoms with Gasteiger partial charge in [-0.2, -0.15) is 0 Å². The van der Waals surface area contributed by atoms with Crippen LogP contribution in [0.4, 0.5) is 4.79 Å². The Hall–Kier alpha value is -1.63. The molecular formula is C11H18N2O5. The van der Waals surface area contributed by atoms with E-state index in [2.05, 4.69) is 15.4 Å². The standard InChI is InChI=1S/C11H18N2O5/c1-7(4-8-2-3-8)12-11(17)13-9(14)5-18-6-10(15)16/h7-8H,2-6H2,1H3,(H,15,16)(H2,12,13,14,17). The van der Waals surface area contributed by atoms with Crippen LogP contribution >= 0.6 is 0 Å². The molecule has 1 atom stereocenters. The number of carboxylic acids is 1. The fourth-order valence-corrected chi connectivity index (χ4v) is 1.57. The molecule has 0 bridgehead atoms. The molecule has 1 aliphatic rings. The average Bonchev–Trinajstić information content (AvgIpc) is 2.99. The number of hydrogen-bond acceptors (Lipinski definition) is 4. The zero-order chi connectivity index (χ0) is 13.5. The highest BCUT2D eigenvalue weighted by Gasteiger charge is 2.24. The minimum Gasteiger partial charge on any atom is -0.480 e. The van der Waals surface area contributed by atoms with E-state index in [0.717, 1.165) is 6.42 Å². The molecule has 7 nitrogen and oxygen atoms in total. The summed E-state index contributed by atoms with van der Waals surface area (Å²) in [5, 5.41) is 13.0. The minimum absolute atomic E-state index is 0.0187. The number of urea groups is 1. The Kier molecular flexibility index (Phi) is 5.57. The van der Waals surface area contributed by atoms with Gasteiger partial charge in [-0.15, -0.1) is 0 Å². The highest BCUT2D eigenvalue weighted by atomic mass is 16.5. The lowest BCUT2D eigenvalue weighted by Gasteiger charge is -2.13. The molecule has 102 valence electrons. The molecule has 18 heavy (non-hydrogen) atoms. The quantitative estimate of drug-likeness (QED) is 0.600. The average molecular weight is 258 g/mol. The number of ether oxygens (including phenoxy) is 1. The van der Waals surface area contributed by atoms with Gasteiger partial charge >= 0.3 is 12.0 Å². The number of carbonyl (C=O) groups is 3. The van der Waals surface area contributed by atoms with Crippen molar-refractivity contribution < 1.29 is 24.2 Å². The second-order valence-corrected chi connectivity index (χ2v) is 4.49. The SMILES string of the molecule is CC(CC1CC1)NC(=O)NC(=O)COCC(=O)O. The molecular weight excluding hydrogens is 240 g/mol. The van der Waals surface area contributed by atoms with Crippen molar-refractivity contribution in [3.8, 4) is 0 Å². The Balaban J connectivity index is 2.09. The maximum Gasteiger partial charge on any atom is 0.329 e. The number of imide groups is 1. The van der Waals surface area contributed by atoms with Crippen molar-refractivity contribution in [2.45, 2.75) is 32.2 Å². The van der Waals surface area contributed by atoms with Crippen LogP contribution in [-0.2, 0) is 14.3 Å². The van der Waals surface area contributed by atoms with Gasteiger partial charge < -0.3 is 15.2 Å². The molecule has 3 N–H and O–H groups in total. The van der Waals surface area contributed by atoms with Crippen LogP contribution in [0.1, 0.15) is 26.2 Å². The first-order chi connectivity index (χ1) is 8.47. The van der Waals surface area contributed by atoms with Crippen LogP contribution in [0.5, 0.6) is 0 Å². The van der Waals surface area contributed by atoms with Gasteiger partial charge in [-0.25, -0.2) is 9.59 Å². The predicted molar refractivity (Wildman–Crippen MR) is 61.9 cm³/mol. The van der Waals surface area contributed by atoms with E-state index in [1.54, 1.807) is 0 Å². The first kappa shape index (κ1) is 14.4. The maximum absolute atomic E-state index is 11.3. The van der Waals surface area contributed by atoms with Crippen molar-refractivity contribution in [2.24, 2.45) is 5.92 Å². The van der Waals surface area contributed by atoms with E-state index in [1.807, 2.05) is 6.92 Å². The largest absolute Gasteiger partial charge is 0.480 e. The molecule has 0 radical (unpaired) electrons. The normalized spacial score (nSPS) is 15.8. The second-order valence-electron chi connectivity index (χ2n) is 4.49. The fourth-order valence-electron chi connectivity index (χ4n) is 1.57. The van der Waals surface area contributed by atoms with Gasteiger partial charge in [0.1, 0.15) is 13.2 Å². The summed E-state index contributed by atoms with van der Waals surface area (Å²) in [5.74, 6) is -1.13. The number of carboxylic acid groups (broad SMARTS) is 1. The van der Waals surface area contributed by atoms with E-state index < -0.39 is 31.1 Å². The second kappa shape index (κ2) is 6.95. The fraction of sp³-hybridized carbons (Fsp3) is 0.727. The molecule has 1 fully saturated rings. The topological polar surface area (TPSA) is 105 Å². The number of carbonyl (C=O) groups excluding carboxylic acids is 2. The third-order valence-corrected chi connectivity index (χ3v) is 2.47. The Morgan fingerprint density at radius 1 is 1.33 bits per heavy atom. The summed E-state index contributed by atoms with van der Waals surface area (Å²) in [6.45, 7) is 0.868. The number of nitrogens with one attached hydrogen (secondary N) is 2. The Morgan fingerprint density at radius 3 is 2.56 bits per heavy atom. The van der Waals surface area contributed by atoms with Crippen LogP contribution in [0.3, 0.4) is 0 Å². The van der Waals surface area contributed by atoms with Gasteiger partial charge in [0.2, 0.25) is 0 Å². The Morgan fingerprint density at radius 2 is 2.00 bits per heavy atom. The maximum atomic E-state index is 11.3. The zero-order valence-corrected chi connectivity index (χ0v) is 10.3. The molecule has 0 aliphatic heterocycles. The molecule has 3 amide bonds. The van der Waals surface area contributed by atoms with Gasteiger partial charge in [-0.3, -0.25) is 10.1 Å². The zero-order valence-electron chi connectivity index (χ0n) is 10.3. The molecule has 0 aromatic rings. The number of hydrogen-bond donors (Lipinski definition) is 3. The number of aliphatic carboxylic acids is 1. The summed E-state index contributed by atoms with van der Waals surface area (Å²) >= 11 is 0. The molecule has 0 aromatic carbocycles. The summed E-state index contributed by atoms with van der Waals surface area (Å²) < 4.78 is 4.55. The first-order valence-electron chi connectivity index (χ1n) is 5.87. The summed E-state index contributed by atoms with van der Waals surface area (Å²) in [6, 6.07) is -0.558. The highest BCUT2D eigenvalue weighted by Crippen LogP contribution is 2.33. The molecule has 1 unspecified atom stereocenters. The van der Waals surface area contributed by atoms with Crippen molar-refractivity contribution in [3.05, 3.63) is 0 Å². The van der Waals surface area contributed by atoms with E-state index in [-0.39, 0.29) is 6.04 Å². The summed E-state index contributed by atoms with van der Waals surface area (Å²) in [6.07, 6.45) is 3.32. The van der Waals surface area contributed by atoms with Crippen LogP contribution in [0.15, 0.2) is 0 Å². The third-order valence-electron chi connectivity index (χ3n) is 2.47. The van der Waals surface area contributed by atoms with Crippen LogP contribution in [0.2, 0.25) is 0 Å². The molecule has 0 aromatic heterocycles. The molecule has 0 heterocycles.